The minimum atomic E-state index is -0.233. The number of hydrogen-bond acceptors (Lipinski definition) is 2. The van der Waals surface area contributed by atoms with Gasteiger partial charge in [0.15, 0.2) is 0 Å². The summed E-state index contributed by atoms with van der Waals surface area (Å²) in [6.45, 7) is 3.25. The molecule has 0 radical (unpaired) electrons. The first-order valence-electron chi connectivity index (χ1n) is 7.42. The second-order valence-corrected chi connectivity index (χ2v) is 5.79. The first-order chi connectivity index (χ1) is 10.6. The van der Waals surface area contributed by atoms with E-state index in [0.717, 1.165) is 16.9 Å². The second kappa shape index (κ2) is 5.79. The molecule has 114 valence electrons. The number of para-hydroxylation sites is 2. The van der Waals surface area contributed by atoms with E-state index < -0.39 is 0 Å². The van der Waals surface area contributed by atoms with Gasteiger partial charge in [0.25, 0.3) is 0 Å². The van der Waals surface area contributed by atoms with Crippen LogP contribution in [0.5, 0.6) is 0 Å². The van der Waals surface area contributed by atoms with Crippen LogP contribution in [0.1, 0.15) is 12.5 Å². The number of hydrogen-bond donors (Lipinski definition) is 0. The molecular weight excluding hydrogens is 279 g/mol. The van der Waals surface area contributed by atoms with Crippen molar-refractivity contribution < 1.29 is 9.18 Å². The van der Waals surface area contributed by atoms with Crippen LogP contribution >= 0.6 is 0 Å². The van der Waals surface area contributed by atoms with Crippen LogP contribution in [0.15, 0.2) is 48.5 Å². The van der Waals surface area contributed by atoms with E-state index in [0.29, 0.717) is 13.1 Å². The maximum absolute atomic E-state index is 13.1. The second-order valence-electron chi connectivity index (χ2n) is 5.79. The SMILES string of the molecule is C[C@H]1CN(Cc2ccc(F)cc2)c2ccccc2N(C)C1=O. The molecule has 3 nitrogen and oxygen atoms in total. The smallest absolute Gasteiger partial charge is 0.231 e. The average Bonchev–Trinajstić information content (AvgIpc) is 2.62. The lowest BCUT2D eigenvalue weighted by Gasteiger charge is -2.26. The Morgan fingerprint density at radius 1 is 1.09 bits per heavy atom. The van der Waals surface area contributed by atoms with Gasteiger partial charge in [-0.05, 0) is 29.8 Å². The molecule has 2 aromatic rings. The highest BCUT2D eigenvalue weighted by molar-refractivity contribution is 5.99. The number of amides is 1. The van der Waals surface area contributed by atoms with Crippen molar-refractivity contribution in [3.05, 3.63) is 59.9 Å². The summed E-state index contributed by atoms with van der Waals surface area (Å²) in [6.07, 6.45) is 0. The topological polar surface area (TPSA) is 23.6 Å². The standard InChI is InChI=1S/C18H19FN2O/c1-13-11-21(12-14-7-9-15(19)10-8-14)17-6-4-3-5-16(17)20(2)18(13)22/h3-10,13H,11-12H2,1-2H3/t13-/m0/s1. The molecule has 22 heavy (non-hydrogen) atoms. The Hall–Kier alpha value is -2.36. The van der Waals surface area contributed by atoms with Gasteiger partial charge in [0.1, 0.15) is 5.82 Å². The third-order valence-electron chi connectivity index (χ3n) is 4.12. The zero-order valence-corrected chi connectivity index (χ0v) is 12.8. The summed E-state index contributed by atoms with van der Waals surface area (Å²) in [5.41, 5.74) is 2.98. The Kier molecular flexibility index (Phi) is 3.84. The molecule has 1 atom stereocenters. The Morgan fingerprint density at radius 2 is 1.73 bits per heavy atom. The fraction of sp³-hybridized carbons (Fsp3) is 0.278. The van der Waals surface area contributed by atoms with Crippen molar-refractivity contribution in [2.24, 2.45) is 5.92 Å². The van der Waals surface area contributed by atoms with Crippen LogP contribution in [0.3, 0.4) is 0 Å². The van der Waals surface area contributed by atoms with Crippen LogP contribution < -0.4 is 9.80 Å². The molecule has 3 rings (SSSR count). The van der Waals surface area contributed by atoms with Gasteiger partial charge in [0.05, 0.1) is 17.3 Å². The lowest BCUT2D eigenvalue weighted by atomic mass is 10.1. The third-order valence-corrected chi connectivity index (χ3v) is 4.12. The molecule has 4 heteroatoms. The van der Waals surface area contributed by atoms with Crippen molar-refractivity contribution in [2.45, 2.75) is 13.5 Å². The number of fused-ring (bicyclic) bond motifs is 1. The molecule has 0 N–H and O–H groups in total. The number of carbonyl (C=O) groups excluding carboxylic acids is 1. The van der Waals surface area contributed by atoms with Crippen LogP contribution in [0.4, 0.5) is 15.8 Å². The number of rotatable bonds is 2. The van der Waals surface area contributed by atoms with Crippen molar-refractivity contribution >= 4 is 17.3 Å². The van der Waals surface area contributed by atoms with Crippen molar-refractivity contribution in [1.82, 2.24) is 0 Å². The Labute approximate surface area is 130 Å². The van der Waals surface area contributed by atoms with Gasteiger partial charge < -0.3 is 9.80 Å². The maximum Gasteiger partial charge on any atom is 0.231 e. The number of benzene rings is 2. The lowest BCUT2D eigenvalue weighted by Crippen LogP contribution is -2.34. The average molecular weight is 298 g/mol. The van der Waals surface area contributed by atoms with Crippen LogP contribution in [-0.2, 0) is 11.3 Å². The van der Waals surface area contributed by atoms with Crippen molar-refractivity contribution in [2.75, 3.05) is 23.4 Å². The molecule has 0 saturated carbocycles. The van der Waals surface area contributed by atoms with E-state index in [2.05, 4.69) is 4.90 Å². The summed E-state index contributed by atoms with van der Waals surface area (Å²) in [5.74, 6) is -0.199. The molecule has 1 heterocycles. The molecule has 0 spiro atoms. The molecule has 0 unspecified atom stereocenters. The van der Waals surface area contributed by atoms with Gasteiger partial charge in [-0.3, -0.25) is 4.79 Å². The van der Waals surface area contributed by atoms with Gasteiger partial charge in [-0.25, -0.2) is 4.39 Å². The number of halogens is 1. The Bertz CT molecular complexity index is 684. The summed E-state index contributed by atoms with van der Waals surface area (Å²) < 4.78 is 13.1. The first-order valence-corrected chi connectivity index (χ1v) is 7.42. The third kappa shape index (κ3) is 2.69. The van der Waals surface area contributed by atoms with E-state index in [1.54, 1.807) is 17.0 Å². The highest BCUT2D eigenvalue weighted by Gasteiger charge is 2.28. The highest BCUT2D eigenvalue weighted by Crippen LogP contribution is 2.34. The molecule has 2 aromatic carbocycles. The van der Waals surface area contributed by atoms with E-state index >= 15 is 0 Å². The summed E-state index contributed by atoms with van der Waals surface area (Å²) in [6, 6.07) is 14.4. The van der Waals surface area contributed by atoms with Gasteiger partial charge >= 0.3 is 0 Å². The zero-order valence-electron chi connectivity index (χ0n) is 12.8. The van der Waals surface area contributed by atoms with Crippen LogP contribution in [0.2, 0.25) is 0 Å². The van der Waals surface area contributed by atoms with E-state index in [1.807, 2.05) is 38.2 Å². The predicted octanol–water partition coefficient (Wildman–Crippen LogP) is 3.44. The summed E-state index contributed by atoms with van der Waals surface area (Å²) >= 11 is 0. The molecular formula is C18H19FN2O. The molecule has 1 amide bonds. The van der Waals surface area contributed by atoms with Crippen molar-refractivity contribution in [3.8, 4) is 0 Å². The first kappa shape index (κ1) is 14.6. The lowest BCUT2D eigenvalue weighted by molar-refractivity contribution is -0.121. The molecule has 1 aliphatic rings. The molecule has 1 aliphatic heterocycles. The van der Waals surface area contributed by atoms with Gasteiger partial charge in [-0.1, -0.05) is 31.2 Å². The number of carbonyl (C=O) groups is 1. The minimum Gasteiger partial charge on any atom is -0.365 e. The van der Waals surface area contributed by atoms with Crippen LogP contribution in [-0.4, -0.2) is 19.5 Å². The number of nitrogens with zero attached hydrogens (tertiary/aromatic N) is 2. The fourth-order valence-corrected chi connectivity index (χ4v) is 2.93. The van der Waals surface area contributed by atoms with E-state index in [9.17, 15) is 9.18 Å². The summed E-state index contributed by atoms with van der Waals surface area (Å²) in [4.78, 5) is 16.3. The molecule has 0 bridgehead atoms. The van der Waals surface area contributed by atoms with Crippen molar-refractivity contribution in [3.63, 3.8) is 0 Å². The van der Waals surface area contributed by atoms with Crippen LogP contribution in [0, 0.1) is 11.7 Å². The number of anilines is 2. The summed E-state index contributed by atoms with van der Waals surface area (Å²) in [7, 11) is 1.82. The van der Waals surface area contributed by atoms with Gasteiger partial charge in [-0.15, -0.1) is 0 Å². The zero-order chi connectivity index (χ0) is 15.7. The van der Waals surface area contributed by atoms with E-state index in [4.69, 9.17) is 0 Å². The largest absolute Gasteiger partial charge is 0.365 e. The maximum atomic E-state index is 13.1. The van der Waals surface area contributed by atoms with Gasteiger partial charge in [0.2, 0.25) is 5.91 Å². The Balaban J connectivity index is 1.97. The minimum absolute atomic E-state index is 0.0853. The van der Waals surface area contributed by atoms with Crippen LogP contribution in [0.25, 0.3) is 0 Å². The molecule has 0 aliphatic carbocycles. The molecule has 0 saturated heterocycles. The quantitative estimate of drug-likeness (QED) is 0.848. The molecule has 0 fully saturated rings. The fourth-order valence-electron chi connectivity index (χ4n) is 2.93. The highest BCUT2D eigenvalue weighted by atomic mass is 19.1. The predicted molar refractivity (Wildman–Crippen MR) is 86.5 cm³/mol. The molecule has 0 aromatic heterocycles. The van der Waals surface area contributed by atoms with E-state index in [-0.39, 0.29) is 17.6 Å². The Morgan fingerprint density at radius 3 is 2.41 bits per heavy atom. The van der Waals surface area contributed by atoms with Crippen molar-refractivity contribution in [1.29, 1.82) is 0 Å². The normalized spacial score (nSPS) is 18.1. The summed E-state index contributed by atoms with van der Waals surface area (Å²) in [5, 5.41) is 0. The van der Waals surface area contributed by atoms with E-state index in [1.165, 1.54) is 12.1 Å². The van der Waals surface area contributed by atoms with Gasteiger partial charge in [0, 0.05) is 20.1 Å². The monoisotopic (exact) mass is 298 g/mol. The van der Waals surface area contributed by atoms with Gasteiger partial charge in [-0.2, -0.15) is 0 Å².